The molecule has 4 heteroatoms. The van der Waals surface area contributed by atoms with Crippen LogP contribution in [0, 0.1) is 0 Å². The highest BCUT2D eigenvalue weighted by Gasteiger charge is 2.15. The standard InChI is InChI=1S/C7H10N2OS/c1-9-3-2-5-6(4-9)11-7(10)8-5/h2-4H2,1H3,(H,8,10). The molecule has 0 saturated carbocycles. The predicted octanol–water partition coefficient (Wildman–Crippen LogP) is 0.424. The molecular weight excluding hydrogens is 160 g/mol. The van der Waals surface area contributed by atoms with Crippen LogP contribution in [0.1, 0.15) is 10.6 Å². The summed E-state index contributed by atoms with van der Waals surface area (Å²) < 4.78 is 0. The predicted molar refractivity (Wildman–Crippen MR) is 45.0 cm³/mol. The van der Waals surface area contributed by atoms with E-state index in [-0.39, 0.29) is 4.87 Å². The zero-order valence-corrected chi connectivity index (χ0v) is 7.20. The van der Waals surface area contributed by atoms with Crippen LogP contribution in [0.3, 0.4) is 0 Å². The van der Waals surface area contributed by atoms with Gasteiger partial charge in [0.05, 0.1) is 0 Å². The molecule has 1 aromatic rings. The molecule has 0 bridgehead atoms. The van der Waals surface area contributed by atoms with Crippen LogP contribution in [0.25, 0.3) is 0 Å². The Labute approximate surface area is 68.7 Å². The number of aromatic amines is 1. The van der Waals surface area contributed by atoms with Gasteiger partial charge in [0.15, 0.2) is 0 Å². The van der Waals surface area contributed by atoms with Gasteiger partial charge >= 0.3 is 4.87 Å². The smallest absolute Gasteiger partial charge is 0.304 e. The molecule has 0 atom stereocenters. The highest BCUT2D eigenvalue weighted by Crippen LogP contribution is 2.17. The summed E-state index contributed by atoms with van der Waals surface area (Å²) in [6, 6.07) is 0. The lowest BCUT2D eigenvalue weighted by atomic mass is 10.2. The van der Waals surface area contributed by atoms with Gasteiger partial charge in [0.1, 0.15) is 0 Å². The summed E-state index contributed by atoms with van der Waals surface area (Å²) in [6.45, 7) is 1.98. The lowest BCUT2D eigenvalue weighted by Crippen LogP contribution is -2.25. The van der Waals surface area contributed by atoms with Crippen molar-refractivity contribution in [3.63, 3.8) is 0 Å². The molecule has 3 nitrogen and oxygen atoms in total. The van der Waals surface area contributed by atoms with Crippen molar-refractivity contribution in [2.24, 2.45) is 0 Å². The molecule has 2 heterocycles. The van der Waals surface area contributed by atoms with Gasteiger partial charge in [-0.3, -0.25) is 4.79 Å². The highest BCUT2D eigenvalue weighted by molar-refractivity contribution is 7.09. The van der Waals surface area contributed by atoms with E-state index in [0.717, 1.165) is 25.2 Å². The van der Waals surface area contributed by atoms with Crippen molar-refractivity contribution < 1.29 is 0 Å². The molecule has 1 N–H and O–H groups in total. The number of nitrogens with one attached hydrogen (secondary N) is 1. The summed E-state index contributed by atoms with van der Waals surface area (Å²) in [5.74, 6) is 0. The van der Waals surface area contributed by atoms with Crippen LogP contribution in [0.2, 0.25) is 0 Å². The third kappa shape index (κ3) is 1.23. The average Bonchev–Trinajstić information content (AvgIpc) is 2.27. The van der Waals surface area contributed by atoms with Crippen molar-refractivity contribution in [2.75, 3.05) is 13.6 Å². The molecule has 0 aromatic carbocycles. The third-order valence-corrected chi connectivity index (χ3v) is 2.87. The van der Waals surface area contributed by atoms with E-state index in [0.29, 0.717) is 0 Å². The third-order valence-electron chi connectivity index (χ3n) is 1.96. The first kappa shape index (κ1) is 7.06. The lowest BCUT2D eigenvalue weighted by molar-refractivity contribution is 0.314. The van der Waals surface area contributed by atoms with Crippen LogP contribution in [-0.2, 0) is 13.0 Å². The molecule has 0 saturated heterocycles. The van der Waals surface area contributed by atoms with Gasteiger partial charge in [-0.15, -0.1) is 0 Å². The van der Waals surface area contributed by atoms with Crippen LogP contribution in [0.5, 0.6) is 0 Å². The van der Waals surface area contributed by atoms with E-state index >= 15 is 0 Å². The first-order valence-corrected chi connectivity index (χ1v) is 4.47. The minimum Gasteiger partial charge on any atom is -0.316 e. The number of rotatable bonds is 0. The Kier molecular flexibility index (Phi) is 1.58. The molecule has 0 radical (unpaired) electrons. The Hall–Kier alpha value is -0.610. The van der Waals surface area contributed by atoms with Crippen LogP contribution in [-0.4, -0.2) is 23.5 Å². The molecular formula is C7H10N2OS. The summed E-state index contributed by atoms with van der Waals surface area (Å²) >= 11 is 1.34. The number of hydrogen-bond acceptors (Lipinski definition) is 3. The SMILES string of the molecule is CN1CCc2[nH]c(=O)sc2C1. The molecule has 1 aromatic heterocycles. The molecule has 60 valence electrons. The van der Waals surface area contributed by atoms with Gasteiger partial charge < -0.3 is 9.88 Å². The number of hydrogen-bond donors (Lipinski definition) is 1. The monoisotopic (exact) mass is 170 g/mol. The maximum absolute atomic E-state index is 10.9. The van der Waals surface area contributed by atoms with E-state index in [1.807, 2.05) is 0 Å². The fourth-order valence-electron chi connectivity index (χ4n) is 1.35. The number of aromatic nitrogens is 1. The molecule has 1 aliphatic rings. The maximum atomic E-state index is 10.9. The molecule has 0 unspecified atom stereocenters. The van der Waals surface area contributed by atoms with Crippen LogP contribution in [0.4, 0.5) is 0 Å². The van der Waals surface area contributed by atoms with Gasteiger partial charge in [0.25, 0.3) is 0 Å². The fourth-order valence-corrected chi connectivity index (χ4v) is 2.31. The Morgan fingerprint density at radius 3 is 3.27 bits per heavy atom. The fraction of sp³-hybridized carbons (Fsp3) is 0.571. The van der Waals surface area contributed by atoms with E-state index in [4.69, 9.17) is 0 Å². The van der Waals surface area contributed by atoms with Gasteiger partial charge in [-0.1, -0.05) is 11.3 Å². The molecule has 1 aliphatic heterocycles. The topological polar surface area (TPSA) is 36.1 Å². The average molecular weight is 170 g/mol. The first-order valence-electron chi connectivity index (χ1n) is 3.65. The number of thiazole rings is 1. The van der Waals surface area contributed by atoms with Gasteiger partial charge in [0.2, 0.25) is 0 Å². The normalized spacial score (nSPS) is 18.3. The van der Waals surface area contributed by atoms with E-state index in [2.05, 4.69) is 16.9 Å². The second-order valence-electron chi connectivity index (χ2n) is 2.90. The van der Waals surface area contributed by atoms with Crippen LogP contribution >= 0.6 is 11.3 Å². The number of likely N-dealkylation sites (N-methyl/N-ethyl adjacent to an activating group) is 1. The minimum absolute atomic E-state index is 0.0882. The van der Waals surface area contributed by atoms with E-state index in [1.165, 1.54) is 16.2 Å². The molecule has 0 spiro atoms. The Morgan fingerprint density at radius 1 is 1.64 bits per heavy atom. The zero-order chi connectivity index (χ0) is 7.84. The number of fused-ring (bicyclic) bond motifs is 1. The van der Waals surface area contributed by atoms with Crippen molar-refractivity contribution in [2.45, 2.75) is 13.0 Å². The van der Waals surface area contributed by atoms with E-state index in [9.17, 15) is 4.79 Å². The number of H-pyrrole nitrogens is 1. The van der Waals surface area contributed by atoms with Crippen molar-refractivity contribution in [1.82, 2.24) is 9.88 Å². The maximum Gasteiger partial charge on any atom is 0.304 e. The van der Waals surface area contributed by atoms with Gasteiger partial charge in [-0.05, 0) is 7.05 Å². The summed E-state index contributed by atoms with van der Waals surface area (Å²) in [7, 11) is 2.08. The lowest BCUT2D eigenvalue weighted by Gasteiger charge is -2.20. The van der Waals surface area contributed by atoms with E-state index < -0.39 is 0 Å². The zero-order valence-electron chi connectivity index (χ0n) is 6.39. The van der Waals surface area contributed by atoms with Crippen molar-refractivity contribution in [3.8, 4) is 0 Å². The van der Waals surface area contributed by atoms with E-state index in [1.54, 1.807) is 0 Å². The number of nitrogens with zero attached hydrogens (tertiary/aromatic N) is 1. The van der Waals surface area contributed by atoms with Gasteiger partial charge in [0, 0.05) is 30.1 Å². The van der Waals surface area contributed by atoms with Crippen molar-refractivity contribution in [1.29, 1.82) is 0 Å². The van der Waals surface area contributed by atoms with Crippen LogP contribution in [0.15, 0.2) is 4.79 Å². The second-order valence-corrected chi connectivity index (χ2v) is 3.97. The molecule has 0 aliphatic carbocycles. The van der Waals surface area contributed by atoms with Crippen LogP contribution < -0.4 is 4.87 Å². The quantitative estimate of drug-likeness (QED) is 0.612. The molecule has 2 rings (SSSR count). The van der Waals surface area contributed by atoms with Crippen molar-refractivity contribution in [3.05, 3.63) is 20.2 Å². The van der Waals surface area contributed by atoms with Gasteiger partial charge in [-0.2, -0.15) is 0 Å². The Bertz CT molecular complexity index is 314. The molecule has 0 amide bonds. The second kappa shape index (κ2) is 2.46. The first-order chi connectivity index (χ1) is 5.25. The van der Waals surface area contributed by atoms with Gasteiger partial charge in [-0.25, -0.2) is 0 Å². The summed E-state index contributed by atoms with van der Waals surface area (Å²) in [6.07, 6.45) is 0.991. The summed E-state index contributed by atoms with van der Waals surface area (Å²) in [4.78, 5) is 17.3. The Morgan fingerprint density at radius 2 is 2.45 bits per heavy atom. The summed E-state index contributed by atoms with van der Waals surface area (Å²) in [5, 5.41) is 0. The summed E-state index contributed by atoms with van der Waals surface area (Å²) in [5.41, 5.74) is 1.15. The minimum atomic E-state index is 0.0882. The highest BCUT2D eigenvalue weighted by atomic mass is 32.1. The molecule has 0 fully saturated rings. The molecule has 11 heavy (non-hydrogen) atoms. The van der Waals surface area contributed by atoms with Crippen molar-refractivity contribution >= 4 is 11.3 Å². The largest absolute Gasteiger partial charge is 0.316 e. The Balaban J connectivity index is 2.41.